The van der Waals surface area contributed by atoms with E-state index in [2.05, 4.69) is 30.1 Å². The molecule has 10 heteroatoms. The Bertz CT molecular complexity index is 833. The summed E-state index contributed by atoms with van der Waals surface area (Å²) in [5, 5.41) is 8.38. The summed E-state index contributed by atoms with van der Waals surface area (Å²) in [6.45, 7) is 0. The van der Waals surface area contributed by atoms with Crippen LogP contribution in [-0.4, -0.2) is 44.2 Å². The maximum Gasteiger partial charge on any atom is 0.229 e. The molecular formula is C14H15ClN8S. The fraction of sp³-hybridized carbons (Fsp3) is 0.214. The van der Waals surface area contributed by atoms with Gasteiger partial charge in [0, 0.05) is 24.7 Å². The normalized spacial score (nSPS) is 10.8. The van der Waals surface area contributed by atoms with Crippen molar-refractivity contribution < 1.29 is 0 Å². The van der Waals surface area contributed by atoms with Crippen molar-refractivity contribution in [2.75, 3.05) is 24.7 Å². The summed E-state index contributed by atoms with van der Waals surface area (Å²) in [5.41, 5.74) is 6.63. The molecule has 0 aliphatic carbocycles. The lowest BCUT2D eigenvalue weighted by Crippen LogP contribution is -2.15. The molecule has 0 aliphatic heterocycles. The van der Waals surface area contributed by atoms with Crippen molar-refractivity contribution in [2.24, 2.45) is 0 Å². The van der Waals surface area contributed by atoms with E-state index in [1.54, 1.807) is 4.90 Å². The minimum atomic E-state index is 0.196. The van der Waals surface area contributed by atoms with E-state index < -0.39 is 0 Å². The van der Waals surface area contributed by atoms with E-state index in [9.17, 15) is 0 Å². The molecule has 0 atom stereocenters. The molecule has 1 aromatic carbocycles. The number of thioether (sulfide) groups is 1. The highest BCUT2D eigenvalue weighted by Crippen LogP contribution is 2.23. The van der Waals surface area contributed by atoms with E-state index in [-0.39, 0.29) is 5.95 Å². The number of H-pyrrole nitrogens is 1. The summed E-state index contributed by atoms with van der Waals surface area (Å²) in [6.07, 6.45) is 0. The van der Waals surface area contributed by atoms with Gasteiger partial charge in [0.25, 0.3) is 0 Å². The summed E-state index contributed by atoms with van der Waals surface area (Å²) in [5.74, 6) is 2.47. The lowest BCUT2D eigenvalue weighted by molar-refractivity contribution is 0.914. The second-order valence-corrected chi connectivity index (χ2v) is 6.45. The summed E-state index contributed by atoms with van der Waals surface area (Å²) in [6, 6.07) is 7.38. The number of aromatic nitrogens is 6. The number of benzene rings is 1. The van der Waals surface area contributed by atoms with Gasteiger partial charge in [0.15, 0.2) is 5.82 Å². The number of halogens is 1. The summed E-state index contributed by atoms with van der Waals surface area (Å²) in [4.78, 5) is 18.8. The molecule has 0 unspecified atom stereocenters. The number of rotatable bonds is 5. The molecule has 2 aromatic heterocycles. The van der Waals surface area contributed by atoms with E-state index in [1.807, 2.05) is 38.4 Å². The van der Waals surface area contributed by atoms with E-state index in [0.29, 0.717) is 33.5 Å². The maximum absolute atomic E-state index is 5.89. The standard InChI is InChI=1S/C14H15ClN8S/c1-23(2)13-18-10(17-12(16)20-13)7-24-14-19-11(21-22-14)8-3-5-9(15)6-4-8/h3-6H,7H2,1-2H3,(H,19,21,22)(H2,16,17,18,20). The number of hydrogen-bond acceptors (Lipinski definition) is 8. The van der Waals surface area contributed by atoms with Gasteiger partial charge in [-0.1, -0.05) is 23.4 Å². The van der Waals surface area contributed by atoms with E-state index in [0.717, 1.165) is 5.56 Å². The monoisotopic (exact) mass is 362 g/mol. The molecule has 8 nitrogen and oxygen atoms in total. The summed E-state index contributed by atoms with van der Waals surface area (Å²) >= 11 is 7.30. The molecule has 0 amide bonds. The molecule has 0 aliphatic rings. The zero-order chi connectivity index (χ0) is 17.1. The lowest BCUT2D eigenvalue weighted by atomic mass is 10.2. The van der Waals surface area contributed by atoms with Crippen LogP contribution in [0, 0.1) is 0 Å². The Hall–Kier alpha value is -2.39. The van der Waals surface area contributed by atoms with Gasteiger partial charge in [0.1, 0.15) is 5.82 Å². The minimum absolute atomic E-state index is 0.196. The predicted molar refractivity (Wildman–Crippen MR) is 95.0 cm³/mol. The summed E-state index contributed by atoms with van der Waals surface area (Å²) in [7, 11) is 3.69. The quantitative estimate of drug-likeness (QED) is 0.665. The zero-order valence-electron chi connectivity index (χ0n) is 13.1. The van der Waals surface area contributed by atoms with Crippen molar-refractivity contribution in [3.05, 3.63) is 35.1 Å². The van der Waals surface area contributed by atoms with Crippen molar-refractivity contribution in [1.29, 1.82) is 0 Å². The molecule has 0 fully saturated rings. The van der Waals surface area contributed by atoms with E-state index in [1.165, 1.54) is 11.8 Å². The minimum Gasteiger partial charge on any atom is -0.368 e. The Morgan fingerprint density at radius 1 is 1.12 bits per heavy atom. The number of hydrogen-bond donors (Lipinski definition) is 2. The van der Waals surface area contributed by atoms with Gasteiger partial charge >= 0.3 is 0 Å². The Morgan fingerprint density at radius 3 is 2.58 bits per heavy atom. The average Bonchev–Trinajstić information content (AvgIpc) is 3.02. The second kappa shape index (κ2) is 7.02. The highest BCUT2D eigenvalue weighted by atomic mass is 35.5. The highest BCUT2D eigenvalue weighted by molar-refractivity contribution is 7.98. The van der Waals surface area contributed by atoms with Gasteiger partial charge in [-0.2, -0.15) is 15.0 Å². The van der Waals surface area contributed by atoms with Crippen molar-refractivity contribution in [1.82, 2.24) is 30.1 Å². The number of aromatic amines is 1. The van der Waals surface area contributed by atoms with Crippen LogP contribution in [0.15, 0.2) is 29.4 Å². The molecule has 0 bridgehead atoms. The van der Waals surface area contributed by atoms with Gasteiger partial charge in [0.2, 0.25) is 17.1 Å². The first-order valence-electron chi connectivity index (χ1n) is 7.00. The third-order valence-corrected chi connectivity index (χ3v) is 4.10. The molecule has 3 rings (SSSR count). The molecule has 2 heterocycles. The van der Waals surface area contributed by atoms with Crippen LogP contribution in [0.25, 0.3) is 11.4 Å². The Morgan fingerprint density at radius 2 is 1.88 bits per heavy atom. The van der Waals surface area contributed by atoms with Crippen LogP contribution in [-0.2, 0) is 5.75 Å². The number of nitrogen functional groups attached to an aromatic ring is 1. The molecule has 3 N–H and O–H groups in total. The van der Waals surface area contributed by atoms with Gasteiger partial charge in [-0.25, -0.2) is 4.98 Å². The molecule has 0 saturated heterocycles. The van der Waals surface area contributed by atoms with Crippen LogP contribution >= 0.6 is 23.4 Å². The topological polar surface area (TPSA) is 110 Å². The molecule has 124 valence electrons. The number of nitrogens with one attached hydrogen (secondary N) is 1. The smallest absolute Gasteiger partial charge is 0.229 e. The molecule has 3 aromatic rings. The van der Waals surface area contributed by atoms with Crippen LogP contribution in [0.4, 0.5) is 11.9 Å². The van der Waals surface area contributed by atoms with Gasteiger partial charge in [-0.05, 0) is 24.3 Å². The Labute approximate surface area is 147 Å². The molecular weight excluding hydrogens is 348 g/mol. The van der Waals surface area contributed by atoms with Crippen LogP contribution < -0.4 is 10.6 Å². The number of nitrogens with two attached hydrogens (primary N) is 1. The lowest BCUT2D eigenvalue weighted by Gasteiger charge is -2.10. The van der Waals surface area contributed by atoms with Gasteiger partial charge in [-0.3, -0.25) is 5.10 Å². The zero-order valence-corrected chi connectivity index (χ0v) is 14.6. The third-order valence-electron chi connectivity index (χ3n) is 3.00. The number of anilines is 2. The van der Waals surface area contributed by atoms with Crippen molar-refractivity contribution in [3.8, 4) is 11.4 Å². The predicted octanol–water partition coefficient (Wildman–Crippen LogP) is 2.25. The molecule has 0 saturated carbocycles. The Balaban J connectivity index is 1.70. The first-order chi connectivity index (χ1) is 11.5. The SMILES string of the molecule is CN(C)c1nc(N)nc(CSc2n[nH]c(-c3ccc(Cl)cc3)n2)n1. The molecule has 24 heavy (non-hydrogen) atoms. The third kappa shape index (κ3) is 3.92. The van der Waals surface area contributed by atoms with Gasteiger partial charge < -0.3 is 10.6 Å². The van der Waals surface area contributed by atoms with Crippen LogP contribution in [0.3, 0.4) is 0 Å². The first-order valence-corrected chi connectivity index (χ1v) is 8.36. The summed E-state index contributed by atoms with van der Waals surface area (Å²) < 4.78 is 0. The Kier molecular flexibility index (Phi) is 4.81. The van der Waals surface area contributed by atoms with Crippen LogP contribution in [0.1, 0.15) is 5.82 Å². The van der Waals surface area contributed by atoms with Crippen LogP contribution in [0.2, 0.25) is 5.02 Å². The highest BCUT2D eigenvalue weighted by Gasteiger charge is 2.10. The van der Waals surface area contributed by atoms with E-state index >= 15 is 0 Å². The van der Waals surface area contributed by atoms with Crippen molar-refractivity contribution in [3.63, 3.8) is 0 Å². The average molecular weight is 363 g/mol. The second-order valence-electron chi connectivity index (χ2n) is 5.07. The maximum atomic E-state index is 5.89. The fourth-order valence-corrected chi connectivity index (χ4v) is 2.65. The van der Waals surface area contributed by atoms with E-state index in [4.69, 9.17) is 17.3 Å². The fourth-order valence-electron chi connectivity index (χ4n) is 1.87. The van der Waals surface area contributed by atoms with Crippen molar-refractivity contribution >= 4 is 35.3 Å². The molecule has 0 spiro atoms. The largest absolute Gasteiger partial charge is 0.368 e. The van der Waals surface area contributed by atoms with Crippen molar-refractivity contribution in [2.45, 2.75) is 10.9 Å². The van der Waals surface area contributed by atoms with Crippen LogP contribution in [0.5, 0.6) is 0 Å². The first kappa shape index (κ1) is 16.5. The number of nitrogens with zero attached hydrogens (tertiary/aromatic N) is 6. The van der Waals surface area contributed by atoms with Gasteiger partial charge in [-0.15, -0.1) is 5.10 Å². The molecule has 0 radical (unpaired) electrons. The van der Waals surface area contributed by atoms with Gasteiger partial charge in [0.05, 0.1) is 5.75 Å².